The highest BCUT2D eigenvalue weighted by Gasteiger charge is 2.10. The molecule has 2 rings (SSSR count). The Labute approximate surface area is 113 Å². The van der Waals surface area contributed by atoms with E-state index in [2.05, 4.69) is 15.2 Å². The molecule has 0 radical (unpaired) electrons. The number of nitrogens with zero attached hydrogens (tertiary/aromatic N) is 2. The quantitative estimate of drug-likeness (QED) is 0.289. The third-order valence-corrected chi connectivity index (χ3v) is 2.65. The summed E-state index contributed by atoms with van der Waals surface area (Å²) in [7, 11) is 0. The molecule has 0 fully saturated rings. The van der Waals surface area contributed by atoms with E-state index in [1.54, 1.807) is 24.3 Å². The number of carbonyl (C=O) groups is 2. The van der Waals surface area contributed by atoms with Gasteiger partial charge in [0.15, 0.2) is 5.69 Å². The Hall–Kier alpha value is -2.74. The van der Waals surface area contributed by atoms with Crippen molar-refractivity contribution in [3.8, 4) is 5.88 Å². The molecule has 5 N–H and O–H groups in total. The maximum Gasteiger partial charge on any atom is 0.265 e. The van der Waals surface area contributed by atoms with Crippen molar-refractivity contribution in [2.24, 2.45) is 16.1 Å². The minimum atomic E-state index is -0.571. The smallest absolute Gasteiger partial charge is 0.265 e. The van der Waals surface area contributed by atoms with Gasteiger partial charge < -0.3 is 10.1 Å². The number of hydrazine groups is 1. The number of benzene rings is 1. The third kappa shape index (κ3) is 2.98. The summed E-state index contributed by atoms with van der Waals surface area (Å²) >= 11 is 0. The molecule has 0 spiro atoms. The standard InChI is InChI=1S/C12H13N5O3/c13-15-9(18)5-6-10(19)16-17-11-7-3-1-2-4-8(7)14-12(11)20/h1-4,14,20H,5-6,13H2,(H,15,18). The van der Waals surface area contributed by atoms with Crippen LogP contribution in [0.2, 0.25) is 0 Å². The first-order chi connectivity index (χ1) is 9.61. The normalized spacial score (nSPS) is 11.1. The number of hydrogen-bond donors (Lipinski definition) is 4. The molecule has 0 aliphatic heterocycles. The van der Waals surface area contributed by atoms with E-state index in [0.717, 1.165) is 0 Å². The molecule has 2 aromatic rings. The Kier molecular flexibility index (Phi) is 4.06. The van der Waals surface area contributed by atoms with Crippen LogP contribution in [0.3, 0.4) is 0 Å². The number of aromatic hydroxyl groups is 1. The van der Waals surface area contributed by atoms with Crippen LogP contribution >= 0.6 is 0 Å². The number of azo groups is 1. The van der Waals surface area contributed by atoms with Gasteiger partial charge in [-0.1, -0.05) is 18.2 Å². The van der Waals surface area contributed by atoms with Crippen LogP contribution in [0.5, 0.6) is 5.88 Å². The van der Waals surface area contributed by atoms with Crippen LogP contribution in [0.25, 0.3) is 10.9 Å². The van der Waals surface area contributed by atoms with Gasteiger partial charge in [-0.3, -0.25) is 15.0 Å². The van der Waals surface area contributed by atoms with Gasteiger partial charge in [-0.05, 0) is 6.07 Å². The molecule has 2 amide bonds. The second kappa shape index (κ2) is 5.93. The maximum absolute atomic E-state index is 11.4. The van der Waals surface area contributed by atoms with Crippen LogP contribution in [0.4, 0.5) is 5.69 Å². The van der Waals surface area contributed by atoms with Crippen LogP contribution in [0.15, 0.2) is 34.5 Å². The molecule has 0 unspecified atom stereocenters. The van der Waals surface area contributed by atoms with E-state index in [1.807, 2.05) is 5.43 Å². The first kappa shape index (κ1) is 13.7. The number of fused-ring (bicyclic) bond motifs is 1. The Morgan fingerprint density at radius 2 is 2.05 bits per heavy atom. The molecular formula is C12H13N5O3. The number of amides is 2. The van der Waals surface area contributed by atoms with E-state index in [1.165, 1.54) is 0 Å². The number of nitrogens with two attached hydrogens (primary N) is 1. The predicted molar refractivity (Wildman–Crippen MR) is 71.1 cm³/mol. The summed E-state index contributed by atoms with van der Waals surface area (Å²) in [5.74, 6) is 3.70. The zero-order valence-corrected chi connectivity index (χ0v) is 10.5. The number of hydrogen-bond acceptors (Lipinski definition) is 5. The number of nitrogens with one attached hydrogen (secondary N) is 2. The van der Waals surface area contributed by atoms with Crippen molar-refractivity contribution in [3.05, 3.63) is 24.3 Å². The largest absolute Gasteiger partial charge is 0.493 e. The topological polar surface area (TPSA) is 133 Å². The van der Waals surface area contributed by atoms with Crippen molar-refractivity contribution in [1.29, 1.82) is 0 Å². The van der Waals surface area contributed by atoms with E-state index in [0.29, 0.717) is 10.9 Å². The average Bonchev–Trinajstić information content (AvgIpc) is 2.78. The van der Waals surface area contributed by atoms with Crippen LogP contribution in [-0.4, -0.2) is 21.9 Å². The SMILES string of the molecule is NNC(=O)CCC(=O)N=Nc1c(O)[nH]c2ccccc12. The monoisotopic (exact) mass is 275 g/mol. The number of para-hydroxylation sites is 1. The molecule has 0 saturated heterocycles. The van der Waals surface area contributed by atoms with Crippen molar-refractivity contribution in [3.63, 3.8) is 0 Å². The second-order valence-corrected chi connectivity index (χ2v) is 4.03. The van der Waals surface area contributed by atoms with Crippen molar-refractivity contribution in [2.75, 3.05) is 0 Å². The fourth-order valence-corrected chi connectivity index (χ4v) is 1.66. The van der Waals surface area contributed by atoms with Gasteiger partial charge in [-0.2, -0.15) is 0 Å². The predicted octanol–water partition coefficient (Wildman–Crippen LogP) is 1.25. The Morgan fingerprint density at radius 1 is 1.30 bits per heavy atom. The zero-order valence-electron chi connectivity index (χ0n) is 10.5. The average molecular weight is 275 g/mol. The zero-order chi connectivity index (χ0) is 14.5. The fourth-order valence-electron chi connectivity index (χ4n) is 1.66. The van der Waals surface area contributed by atoms with Gasteiger partial charge in [0.05, 0.1) is 5.52 Å². The van der Waals surface area contributed by atoms with E-state index >= 15 is 0 Å². The fraction of sp³-hybridized carbons (Fsp3) is 0.167. The molecule has 8 heteroatoms. The summed E-state index contributed by atoms with van der Waals surface area (Å²) in [5.41, 5.74) is 2.80. The second-order valence-electron chi connectivity index (χ2n) is 4.03. The number of rotatable bonds is 4. The molecule has 0 aliphatic rings. The van der Waals surface area contributed by atoms with Gasteiger partial charge in [0.25, 0.3) is 5.91 Å². The highest BCUT2D eigenvalue weighted by atomic mass is 16.3. The summed E-state index contributed by atoms with van der Waals surface area (Å²) in [4.78, 5) is 25.0. The van der Waals surface area contributed by atoms with Crippen molar-refractivity contribution >= 4 is 28.4 Å². The first-order valence-electron chi connectivity index (χ1n) is 5.85. The van der Waals surface area contributed by atoms with E-state index in [4.69, 9.17) is 5.84 Å². The lowest BCUT2D eigenvalue weighted by Crippen LogP contribution is -2.30. The Morgan fingerprint density at radius 3 is 2.80 bits per heavy atom. The van der Waals surface area contributed by atoms with Gasteiger partial charge in [0, 0.05) is 18.2 Å². The van der Waals surface area contributed by atoms with Gasteiger partial charge >= 0.3 is 0 Å². The van der Waals surface area contributed by atoms with Crippen LogP contribution in [0.1, 0.15) is 12.8 Å². The maximum atomic E-state index is 11.4. The van der Waals surface area contributed by atoms with Gasteiger partial charge in [-0.15, -0.1) is 10.2 Å². The Bertz CT molecular complexity index is 677. The van der Waals surface area contributed by atoms with Crippen LogP contribution in [-0.2, 0) is 9.59 Å². The lowest BCUT2D eigenvalue weighted by molar-refractivity contribution is -0.125. The molecule has 1 heterocycles. The molecule has 104 valence electrons. The highest BCUT2D eigenvalue weighted by molar-refractivity contribution is 5.94. The van der Waals surface area contributed by atoms with Crippen LogP contribution in [0, 0.1) is 0 Å². The molecule has 8 nitrogen and oxygen atoms in total. The highest BCUT2D eigenvalue weighted by Crippen LogP contribution is 2.35. The number of H-pyrrole nitrogens is 1. The van der Waals surface area contributed by atoms with Crippen molar-refractivity contribution < 1.29 is 14.7 Å². The van der Waals surface area contributed by atoms with Crippen molar-refractivity contribution in [2.45, 2.75) is 12.8 Å². The summed E-state index contributed by atoms with van der Waals surface area (Å²) in [5, 5.41) is 17.6. The molecule has 20 heavy (non-hydrogen) atoms. The van der Waals surface area contributed by atoms with Crippen molar-refractivity contribution in [1.82, 2.24) is 10.4 Å². The first-order valence-corrected chi connectivity index (χ1v) is 5.85. The third-order valence-electron chi connectivity index (χ3n) is 2.65. The molecule has 0 saturated carbocycles. The van der Waals surface area contributed by atoms with Gasteiger partial charge in [-0.25, -0.2) is 5.84 Å². The van der Waals surface area contributed by atoms with E-state index < -0.39 is 11.8 Å². The van der Waals surface area contributed by atoms with E-state index in [-0.39, 0.29) is 24.4 Å². The molecule has 0 atom stereocenters. The summed E-state index contributed by atoms with van der Waals surface area (Å²) in [6.07, 6.45) is -0.163. The lowest BCUT2D eigenvalue weighted by Gasteiger charge is -1.95. The molecular weight excluding hydrogens is 262 g/mol. The summed E-state index contributed by atoms with van der Waals surface area (Å²) in [6, 6.07) is 7.09. The lowest BCUT2D eigenvalue weighted by atomic mass is 10.2. The number of aromatic amines is 1. The molecule has 0 aliphatic carbocycles. The minimum Gasteiger partial charge on any atom is -0.493 e. The molecule has 1 aromatic heterocycles. The summed E-state index contributed by atoms with van der Waals surface area (Å²) in [6.45, 7) is 0. The summed E-state index contributed by atoms with van der Waals surface area (Å²) < 4.78 is 0. The number of aromatic nitrogens is 1. The van der Waals surface area contributed by atoms with E-state index in [9.17, 15) is 14.7 Å². The Balaban J connectivity index is 2.11. The molecule has 0 bridgehead atoms. The minimum absolute atomic E-state index is 0.0613. The number of carbonyl (C=O) groups excluding carboxylic acids is 2. The van der Waals surface area contributed by atoms with Crippen LogP contribution < -0.4 is 11.3 Å². The van der Waals surface area contributed by atoms with Gasteiger partial charge in [0.1, 0.15) is 0 Å². The van der Waals surface area contributed by atoms with Gasteiger partial charge in [0.2, 0.25) is 11.8 Å². The molecule has 1 aromatic carbocycles.